The molecule has 0 bridgehead atoms. The number of amides is 1. The molecule has 192 valence electrons. The van der Waals surface area contributed by atoms with Gasteiger partial charge in [-0.15, -0.1) is 0 Å². The highest BCUT2D eigenvalue weighted by Crippen LogP contribution is 2.32. The van der Waals surface area contributed by atoms with Crippen LogP contribution in [0.1, 0.15) is 54.6 Å². The summed E-state index contributed by atoms with van der Waals surface area (Å²) in [7, 11) is 1.66. The van der Waals surface area contributed by atoms with Crippen LogP contribution in [0.5, 0.6) is 11.5 Å². The third kappa shape index (κ3) is 5.33. The number of benzene rings is 3. The van der Waals surface area contributed by atoms with Gasteiger partial charge in [0.2, 0.25) is 5.91 Å². The summed E-state index contributed by atoms with van der Waals surface area (Å²) in [4.78, 5) is 19.9. The monoisotopic (exact) mass is 497 g/mol. The molecule has 3 aromatic carbocycles. The van der Waals surface area contributed by atoms with E-state index >= 15 is 0 Å². The number of imidazole rings is 1. The third-order valence-electron chi connectivity index (χ3n) is 7.16. The lowest BCUT2D eigenvalue weighted by Gasteiger charge is -2.18. The summed E-state index contributed by atoms with van der Waals surface area (Å²) in [5, 5.41) is 0. The molecule has 1 atom stereocenters. The van der Waals surface area contributed by atoms with E-state index in [0.29, 0.717) is 38.6 Å². The fraction of sp³-hybridized carbons (Fsp3) is 0.355. The van der Waals surface area contributed by atoms with E-state index in [4.69, 9.17) is 14.5 Å². The minimum atomic E-state index is 0.0448. The predicted octanol–water partition coefficient (Wildman–Crippen LogP) is 6.07. The lowest BCUT2D eigenvalue weighted by Crippen LogP contribution is -2.24. The summed E-state index contributed by atoms with van der Waals surface area (Å²) >= 11 is 0. The molecule has 6 heteroatoms. The summed E-state index contributed by atoms with van der Waals surface area (Å²) in [5.74, 6) is 3.32. The maximum atomic E-state index is 13.0. The standard InChI is InChI=1S/C31H35N3O3/c1-21(2)26-14-9-22(3)17-29(26)37-16-15-34-28-8-6-5-7-27(28)32-31(34)24-18-30(35)33(20-24)19-23-10-12-25(36-4)13-11-23/h5-14,17,21,24H,15-16,18-20H2,1-4H3. The van der Waals surface area contributed by atoms with Gasteiger partial charge in [-0.2, -0.15) is 0 Å². The molecule has 5 rings (SSSR count). The molecule has 1 aliphatic heterocycles. The summed E-state index contributed by atoms with van der Waals surface area (Å²) in [5.41, 5.74) is 5.54. The quantitative estimate of drug-likeness (QED) is 0.282. The van der Waals surface area contributed by atoms with Crippen LogP contribution in [0.4, 0.5) is 0 Å². The van der Waals surface area contributed by atoms with E-state index in [0.717, 1.165) is 33.9 Å². The zero-order valence-corrected chi connectivity index (χ0v) is 22.1. The number of aryl methyl sites for hydroxylation is 1. The number of hydrogen-bond donors (Lipinski definition) is 0. The van der Waals surface area contributed by atoms with Crippen LogP contribution in [0.3, 0.4) is 0 Å². The van der Waals surface area contributed by atoms with Gasteiger partial charge in [0, 0.05) is 25.4 Å². The van der Waals surface area contributed by atoms with Gasteiger partial charge in [0.1, 0.15) is 23.9 Å². The van der Waals surface area contributed by atoms with Crippen molar-refractivity contribution in [1.82, 2.24) is 14.5 Å². The molecule has 1 aromatic heterocycles. The highest BCUT2D eigenvalue weighted by Gasteiger charge is 2.34. The van der Waals surface area contributed by atoms with Crippen LogP contribution in [0.25, 0.3) is 11.0 Å². The van der Waals surface area contributed by atoms with Gasteiger partial charge in [-0.3, -0.25) is 4.79 Å². The number of carbonyl (C=O) groups is 1. The highest BCUT2D eigenvalue weighted by molar-refractivity contribution is 5.81. The topological polar surface area (TPSA) is 56.6 Å². The summed E-state index contributed by atoms with van der Waals surface area (Å²) < 4.78 is 13.8. The summed E-state index contributed by atoms with van der Waals surface area (Å²) in [6, 6.07) is 22.5. The van der Waals surface area contributed by atoms with Crippen molar-refractivity contribution < 1.29 is 14.3 Å². The Kier molecular flexibility index (Phi) is 7.17. The van der Waals surface area contributed by atoms with E-state index in [2.05, 4.69) is 49.6 Å². The van der Waals surface area contributed by atoms with Gasteiger partial charge in [0.25, 0.3) is 0 Å². The normalized spacial score (nSPS) is 15.6. The molecule has 1 fully saturated rings. The van der Waals surface area contributed by atoms with Gasteiger partial charge in [0.15, 0.2) is 0 Å². The maximum Gasteiger partial charge on any atom is 0.223 e. The van der Waals surface area contributed by atoms with Crippen LogP contribution in [0.2, 0.25) is 0 Å². The first kappa shape index (κ1) is 24.9. The largest absolute Gasteiger partial charge is 0.497 e. The molecule has 1 amide bonds. The molecule has 6 nitrogen and oxygen atoms in total. The Bertz CT molecular complexity index is 1390. The van der Waals surface area contributed by atoms with Crippen molar-refractivity contribution in [3.8, 4) is 11.5 Å². The van der Waals surface area contributed by atoms with E-state index in [1.807, 2.05) is 47.4 Å². The van der Waals surface area contributed by atoms with Crippen LogP contribution in [0, 0.1) is 6.92 Å². The van der Waals surface area contributed by atoms with Crippen molar-refractivity contribution in [3.63, 3.8) is 0 Å². The molecule has 1 saturated heterocycles. The predicted molar refractivity (Wildman–Crippen MR) is 146 cm³/mol. The van der Waals surface area contributed by atoms with Crippen molar-refractivity contribution in [2.24, 2.45) is 0 Å². The number of nitrogens with zero attached hydrogens (tertiary/aromatic N) is 3. The van der Waals surface area contributed by atoms with Crippen molar-refractivity contribution >= 4 is 16.9 Å². The van der Waals surface area contributed by atoms with E-state index < -0.39 is 0 Å². The minimum Gasteiger partial charge on any atom is -0.497 e. The number of fused-ring (bicyclic) bond motifs is 1. The summed E-state index contributed by atoms with van der Waals surface area (Å²) in [6.45, 7) is 8.92. The van der Waals surface area contributed by atoms with Gasteiger partial charge in [-0.05, 0) is 59.9 Å². The van der Waals surface area contributed by atoms with E-state index in [1.54, 1.807) is 7.11 Å². The molecule has 4 aromatic rings. The van der Waals surface area contributed by atoms with Crippen molar-refractivity contribution in [2.75, 3.05) is 20.3 Å². The molecule has 0 aliphatic carbocycles. The molecule has 2 heterocycles. The fourth-order valence-electron chi connectivity index (χ4n) is 5.18. The Morgan fingerprint density at radius 2 is 1.84 bits per heavy atom. The minimum absolute atomic E-state index is 0.0448. The summed E-state index contributed by atoms with van der Waals surface area (Å²) in [6.07, 6.45) is 0.468. The molecule has 37 heavy (non-hydrogen) atoms. The number of likely N-dealkylation sites (tertiary alicyclic amines) is 1. The first-order valence-electron chi connectivity index (χ1n) is 13.0. The van der Waals surface area contributed by atoms with Gasteiger partial charge in [-0.25, -0.2) is 4.98 Å². The third-order valence-corrected chi connectivity index (χ3v) is 7.16. The number of hydrogen-bond acceptors (Lipinski definition) is 4. The molecular formula is C31H35N3O3. The lowest BCUT2D eigenvalue weighted by atomic mass is 10.0. The second kappa shape index (κ2) is 10.7. The van der Waals surface area contributed by atoms with Crippen molar-refractivity contribution in [3.05, 3.63) is 89.2 Å². The van der Waals surface area contributed by atoms with Gasteiger partial charge in [-0.1, -0.05) is 50.2 Å². The Balaban J connectivity index is 1.35. The number of para-hydroxylation sites is 2. The van der Waals surface area contributed by atoms with Gasteiger partial charge >= 0.3 is 0 Å². The van der Waals surface area contributed by atoms with Crippen LogP contribution in [0.15, 0.2) is 66.7 Å². The second-order valence-electron chi connectivity index (χ2n) is 10.2. The molecule has 1 aliphatic rings. The molecule has 0 spiro atoms. The second-order valence-corrected chi connectivity index (χ2v) is 10.2. The van der Waals surface area contributed by atoms with Crippen LogP contribution in [-0.2, 0) is 17.9 Å². The van der Waals surface area contributed by atoms with E-state index in [-0.39, 0.29) is 11.8 Å². The number of ether oxygens (including phenoxy) is 2. The molecular weight excluding hydrogens is 462 g/mol. The van der Waals surface area contributed by atoms with E-state index in [9.17, 15) is 4.79 Å². The van der Waals surface area contributed by atoms with Crippen molar-refractivity contribution in [2.45, 2.75) is 52.1 Å². The zero-order chi connectivity index (χ0) is 25.9. The molecule has 1 unspecified atom stereocenters. The Morgan fingerprint density at radius 3 is 2.59 bits per heavy atom. The first-order valence-corrected chi connectivity index (χ1v) is 13.0. The smallest absolute Gasteiger partial charge is 0.223 e. The SMILES string of the molecule is COc1ccc(CN2CC(c3nc4ccccc4n3CCOc3cc(C)ccc3C(C)C)CC2=O)cc1. The first-order chi connectivity index (χ1) is 17.9. The number of aromatic nitrogens is 2. The Morgan fingerprint density at radius 1 is 1.05 bits per heavy atom. The molecule has 0 radical (unpaired) electrons. The molecule has 0 N–H and O–H groups in total. The van der Waals surface area contributed by atoms with Gasteiger partial charge in [0.05, 0.1) is 24.7 Å². The van der Waals surface area contributed by atoms with Crippen molar-refractivity contribution in [1.29, 1.82) is 0 Å². The Hall–Kier alpha value is -3.80. The van der Waals surface area contributed by atoms with Crippen LogP contribution in [-0.4, -0.2) is 40.6 Å². The average molecular weight is 498 g/mol. The van der Waals surface area contributed by atoms with Crippen LogP contribution < -0.4 is 9.47 Å². The molecule has 0 saturated carbocycles. The fourth-order valence-corrected chi connectivity index (χ4v) is 5.18. The maximum absolute atomic E-state index is 13.0. The number of methoxy groups -OCH3 is 1. The highest BCUT2D eigenvalue weighted by atomic mass is 16.5. The van der Waals surface area contributed by atoms with Crippen LogP contribution >= 0.6 is 0 Å². The average Bonchev–Trinajstić information content (AvgIpc) is 3.44. The van der Waals surface area contributed by atoms with E-state index in [1.165, 1.54) is 11.1 Å². The zero-order valence-electron chi connectivity index (χ0n) is 22.1. The number of rotatable bonds is 9. The van der Waals surface area contributed by atoms with Gasteiger partial charge < -0.3 is 18.9 Å². The lowest BCUT2D eigenvalue weighted by molar-refractivity contribution is -0.128. The Labute approximate surface area is 218 Å². The number of carbonyl (C=O) groups excluding carboxylic acids is 1.